The highest BCUT2D eigenvalue weighted by Gasteiger charge is 2.15. The molecule has 20 heavy (non-hydrogen) atoms. The number of aromatic nitrogens is 4. The van der Waals surface area contributed by atoms with Gasteiger partial charge in [-0.2, -0.15) is 4.98 Å². The van der Waals surface area contributed by atoms with Gasteiger partial charge in [0, 0.05) is 0 Å². The van der Waals surface area contributed by atoms with Crippen LogP contribution in [0.15, 0.2) is 11.1 Å². The predicted octanol–water partition coefficient (Wildman–Crippen LogP) is 0.540. The van der Waals surface area contributed by atoms with Crippen molar-refractivity contribution in [2.24, 2.45) is 0 Å². The van der Waals surface area contributed by atoms with E-state index in [1.54, 1.807) is 20.8 Å². The summed E-state index contributed by atoms with van der Waals surface area (Å²) in [5.41, 5.74) is -0.304. The molecule has 0 bridgehead atoms. The van der Waals surface area contributed by atoms with E-state index in [0.717, 1.165) is 0 Å². The highest BCUT2D eigenvalue weighted by Crippen LogP contribution is 2.06. The lowest BCUT2D eigenvalue weighted by molar-refractivity contribution is 0.0532. The van der Waals surface area contributed by atoms with Gasteiger partial charge in [-0.25, -0.2) is 9.78 Å². The van der Waals surface area contributed by atoms with Crippen molar-refractivity contribution in [2.75, 3.05) is 12.0 Å². The molecule has 0 saturated heterocycles. The van der Waals surface area contributed by atoms with Gasteiger partial charge < -0.3 is 20.4 Å². The molecule has 0 aliphatic heterocycles. The lowest BCUT2D eigenvalue weighted by Gasteiger charge is -2.19. The molecule has 0 saturated carbocycles. The first kappa shape index (κ1) is 13.8. The molecule has 0 unspecified atom stereocenters. The second-order valence-electron chi connectivity index (χ2n) is 5.05. The van der Waals surface area contributed by atoms with Crippen molar-refractivity contribution in [3.63, 3.8) is 0 Å². The van der Waals surface area contributed by atoms with Crippen LogP contribution in [0.5, 0.6) is 0 Å². The lowest BCUT2D eigenvalue weighted by Crippen LogP contribution is -2.35. The summed E-state index contributed by atoms with van der Waals surface area (Å²) >= 11 is 0. The number of ether oxygens (including phenoxy) is 1. The maximum absolute atomic E-state index is 11.6. The number of alkyl carbamates (subject to hydrolysis) is 1. The van der Waals surface area contributed by atoms with Gasteiger partial charge in [-0.15, -0.1) is 0 Å². The number of fused-ring (bicyclic) bond motifs is 1. The van der Waals surface area contributed by atoms with Gasteiger partial charge in [0.1, 0.15) is 5.60 Å². The molecule has 9 nitrogen and oxygen atoms in total. The highest BCUT2D eigenvalue weighted by molar-refractivity contribution is 5.70. The van der Waals surface area contributed by atoms with Crippen molar-refractivity contribution in [3.05, 3.63) is 16.7 Å². The van der Waals surface area contributed by atoms with Gasteiger partial charge in [0.25, 0.3) is 5.56 Å². The van der Waals surface area contributed by atoms with E-state index < -0.39 is 11.7 Å². The number of hydrogen-bond donors (Lipinski definition) is 4. The number of aromatic amines is 2. The van der Waals surface area contributed by atoms with Crippen LogP contribution >= 0.6 is 0 Å². The minimum atomic E-state index is -0.565. The topological polar surface area (TPSA) is 125 Å². The van der Waals surface area contributed by atoms with Gasteiger partial charge in [-0.3, -0.25) is 9.78 Å². The van der Waals surface area contributed by atoms with Crippen LogP contribution in [0.1, 0.15) is 20.8 Å². The zero-order valence-electron chi connectivity index (χ0n) is 11.4. The number of anilines is 1. The van der Waals surface area contributed by atoms with Crippen molar-refractivity contribution in [3.8, 4) is 0 Å². The lowest BCUT2D eigenvalue weighted by atomic mass is 10.2. The van der Waals surface area contributed by atoms with Crippen molar-refractivity contribution in [1.29, 1.82) is 0 Å². The Balaban J connectivity index is 1.93. The Bertz CT molecular complexity index is 669. The Hall–Kier alpha value is -2.58. The third-order valence-electron chi connectivity index (χ3n) is 2.18. The van der Waals surface area contributed by atoms with Crippen LogP contribution in [0.3, 0.4) is 0 Å². The minimum absolute atomic E-state index is 0.0633. The maximum atomic E-state index is 11.6. The molecule has 0 aliphatic carbocycles. The molecule has 0 aliphatic rings. The molecule has 1 amide bonds. The van der Waals surface area contributed by atoms with Gasteiger partial charge in [0.2, 0.25) is 5.95 Å². The summed E-state index contributed by atoms with van der Waals surface area (Å²) < 4.78 is 5.06. The SMILES string of the molecule is CC(C)(C)OC(=O)NCNc1nc2nc[nH]c2c(=O)[nH]1. The Labute approximate surface area is 114 Å². The largest absolute Gasteiger partial charge is 0.444 e. The molecule has 2 heterocycles. The van der Waals surface area contributed by atoms with Crippen molar-refractivity contribution < 1.29 is 9.53 Å². The molecule has 2 aromatic heterocycles. The normalized spacial score (nSPS) is 11.3. The predicted molar refractivity (Wildman–Crippen MR) is 72.4 cm³/mol. The fraction of sp³-hybridized carbons (Fsp3) is 0.455. The molecule has 108 valence electrons. The van der Waals surface area contributed by atoms with Crippen LogP contribution in [0.25, 0.3) is 11.2 Å². The van der Waals surface area contributed by atoms with E-state index in [2.05, 4.69) is 30.6 Å². The number of nitrogens with one attached hydrogen (secondary N) is 4. The molecule has 2 aromatic rings. The molecule has 0 aromatic carbocycles. The van der Waals surface area contributed by atoms with E-state index in [4.69, 9.17) is 4.74 Å². The Morgan fingerprint density at radius 2 is 2.20 bits per heavy atom. The fourth-order valence-electron chi connectivity index (χ4n) is 1.44. The number of carbonyl (C=O) groups is 1. The molecular weight excluding hydrogens is 264 g/mol. The van der Waals surface area contributed by atoms with Gasteiger partial charge >= 0.3 is 6.09 Å². The molecule has 0 atom stereocenters. The average Bonchev–Trinajstić information content (AvgIpc) is 2.75. The molecule has 0 radical (unpaired) electrons. The first-order valence-electron chi connectivity index (χ1n) is 5.99. The first-order chi connectivity index (χ1) is 9.35. The van der Waals surface area contributed by atoms with Crippen molar-refractivity contribution in [1.82, 2.24) is 25.3 Å². The molecule has 0 fully saturated rings. The van der Waals surface area contributed by atoms with E-state index >= 15 is 0 Å². The molecule has 0 spiro atoms. The summed E-state index contributed by atoms with van der Waals surface area (Å²) in [5.74, 6) is 0.214. The maximum Gasteiger partial charge on any atom is 0.409 e. The molecule has 9 heteroatoms. The summed E-state index contributed by atoms with van der Waals surface area (Å²) in [6.45, 7) is 5.37. The summed E-state index contributed by atoms with van der Waals surface area (Å²) in [4.78, 5) is 36.2. The Morgan fingerprint density at radius 1 is 1.45 bits per heavy atom. The second-order valence-corrected chi connectivity index (χ2v) is 5.05. The van der Waals surface area contributed by atoms with Gasteiger partial charge in [-0.1, -0.05) is 0 Å². The fourth-order valence-corrected chi connectivity index (χ4v) is 1.44. The number of H-pyrrole nitrogens is 2. The summed E-state index contributed by atoms with van der Waals surface area (Å²) in [6.07, 6.45) is 0.823. The van der Waals surface area contributed by atoms with Gasteiger partial charge in [0.15, 0.2) is 11.2 Å². The number of hydrogen-bond acceptors (Lipinski definition) is 6. The van der Waals surface area contributed by atoms with E-state index in [1.807, 2.05) is 0 Å². The van der Waals surface area contributed by atoms with Gasteiger partial charge in [-0.05, 0) is 20.8 Å². The number of amides is 1. The van der Waals surface area contributed by atoms with Crippen LogP contribution in [-0.4, -0.2) is 38.3 Å². The number of nitrogens with zero attached hydrogens (tertiary/aromatic N) is 2. The minimum Gasteiger partial charge on any atom is -0.444 e. The van der Waals surface area contributed by atoms with Crippen molar-refractivity contribution in [2.45, 2.75) is 26.4 Å². The van der Waals surface area contributed by atoms with Crippen LogP contribution in [-0.2, 0) is 4.74 Å². The smallest absolute Gasteiger partial charge is 0.409 e. The zero-order valence-corrected chi connectivity index (χ0v) is 11.4. The second kappa shape index (κ2) is 5.19. The summed E-state index contributed by atoms with van der Waals surface area (Å²) in [7, 11) is 0. The number of carbonyl (C=O) groups excluding carboxylic acids is 1. The number of rotatable bonds is 3. The first-order valence-corrected chi connectivity index (χ1v) is 5.99. The average molecular weight is 280 g/mol. The van der Waals surface area contributed by atoms with E-state index in [-0.39, 0.29) is 18.2 Å². The van der Waals surface area contributed by atoms with Crippen LogP contribution in [0.4, 0.5) is 10.7 Å². The molecular formula is C11H16N6O3. The summed E-state index contributed by atoms with van der Waals surface area (Å²) in [6, 6.07) is 0. The standard InChI is InChI=1S/C11H16N6O3/c1-11(2,3)20-10(19)15-5-14-9-16-7-6(8(18)17-9)12-4-13-7/h4H,5H2,1-3H3,(H,15,19)(H3,12,13,14,16,17,18). The van der Waals surface area contributed by atoms with Crippen LogP contribution in [0, 0.1) is 0 Å². The third kappa shape index (κ3) is 3.46. The molecule has 2 rings (SSSR count). The monoisotopic (exact) mass is 280 g/mol. The highest BCUT2D eigenvalue weighted by atomic mass is 16.6. The Morgan fingerprint density at radius 3 is 2.90 bits per heavy atom. The van der Waals surface area contributed by atoms with Crippen molar-refractivity contribution >= 4 is 23.2 Å². The van der Waals surface area contributed by atoms with E-state index in [0.29, 0.717) is 11.2 Å². The summed E-state index contributed by atoms with van der Waals surface area (Å²) in [5, 5.41) is 5.24. The van der Waals surface area contributed by atoms with Crippen LogP contribution in [0.2, 0.25) is 0 Å². The quantitative estimate of drug-likeness (QED) is 0.608. The Kier molecular flexibility index (Phi) is 3.59. The third-order valence-corrected chi connectivity index (χ3v) is 2.18. The van der Waals surface area contributed by atoms with E-state index in [1.165, 1.54) is 6.33 Å². The number of imidazole rings is 1. The zero-order chi connectivity index (χ0) is 14.8. The van der Waals surface area contributed by atoms with E-state index in [9.17, 15) is 9.59 Å². The molecule has 4 N–H and O–H groups in total. The van der Waals surface area contributed by atoms with Crippen LogP contribution < -0.4 is 16.2 Å². The van der Waals surface area contributed by atoms with Gasteiger partial charge in [0.05, 0.1) is 13.0 Å².